The molecule has 2 saturated carbocycles. The van der Waals surface area contributed by atoms with Gasteiger partial charge in [0.25, 0.3) is 5.92 Å². The van der Waals surface area contributed by atoms with E-state index in [1.54, 1.807) is 13.0 Å². The number of halogens is 8. The van der Waals surface area contributed by atoms with Crippen molar-refractivity contribution in [1.29, 1.82) is 0 Å². The standard InChI is InChI=1S/C44H43ClF7N7O5S2/c1-22-23(2)43(48,49)39-34(22)38(44(50,51)52)55-59(39)21-33(60)54-32(19-24-17-25(46)20-26(47)18-24)36-29(10-7-27(53-36)13-14-41(3,4)65(61,62)28-8-9-28)30-11-12-31(45)35-37(30)58(6)56-40(35)57-66(63,64)42(5)15-16-42/h7,10-12,17-18,20,22-23,28,32H,8-9,15-16,19,21H2,1-6H3,(H,54,60)(H,56,57)/t22-,23+,32-/m0/s1. The van der Waals surface area contributed by atoms with Gasteiger partial charge in [0.15, 0.2) is 21.3 Å². The van der Waals surface area contributed by atoms with Crippen molar-refractivity contribution in [3.8, 4) is 23.0 Å². The lowest BCUT2D eigenvalue weighted by Gasteiger charge is -2.23. The van der Waals surface area contributed by atoms with Crippen molar-refractivity contribution in [3.05, 3.63) is 93.0 Å². The molecule has 3 aliphatic rings. The van der Waals surface area contributed by atoms with E-state index in [9.17, 15) is 43.6 Å². The van der Waals surface area contributed by atoms with E-state index < -0.39 is 112 Å². The summed E-state index contributed by atoms with van der Waals surface area (Å²) in [5, 5.41) is 10.2. The van der Waals surface area contributed by atoms with Gasteiger partial charge in [0.2, 0.25) is 15.9 Å². The molecule has 3 aromatic heterocycles. The van der Waals surface area contributed by atoms with Gasteiger partial charge in [-0.3, -0.25) is 18.9 Å². The lowest BCUT2D eigenvalue weighted by molar-refractivity contribution is -0.143. The molecule has 1 amide bonds. The van der Waals surface area contributed by atoms with Crippen LogP contribution in [0.4, 0.5) is 36.6 Å². The van der Waals surface area contributed by atoms with Gasteiger partial charge in [-0.15, -0.1) is 0 Å². The second kappa shape index (κ2) is 16.0. The third kappa shape index (κ3) is 8.30. The molecule has 2 N–H and O–H groups in total. The molecule has 3 atom stereocenters. The van der Waals surface area contributed by atoms with Crippen LogP contribution in [0.25, 0.3) is 22.0 Å². The van der Waals surface area contributed by atoms with Gasteiger partial charge < -0.3 is 5.32 Å². The maximum Gasteiger partial charge on any atom is 0.435 e. The molecule has 2 fully saturated rings. The van der Waals surface area contributed by atoms with E-state index in [-0.39, 0.29) is 49.8 Å². The first-order valence-electron chi connectivity index (χ1n) is 20.8. The van der Waals surface area contributed by atoms with Gasteiger partial charge in [-0.25, -0.2) is 30.6 Å². The van der Waals surface area contributed by atoms with Crippen molar-refractivity contribution in [2.24, 2.45) is 13.0 Å². The predicted molar refractivity (Wildman–Crippen MR) is 232 cm³/mol. The number of alkyl halides is 5. The molecule has 3 aliphatic carbocycles. The van der Waals surface area contributed by atoms with Crippen LogP contribution in [0.5, 0.6) is 0 Å². The Balaban J connectivity index is 1.30. The average Bonchev–Trinajstić information content (AvgIpc) is 4.13. The number of benzene rings is 2. The Labute approximate surface area is 380 Å². The van der Waals surface area contributed by atoms with Gasteiger partial charge in [-0.2, -0.15) is 32.1 Å². The number of hydrogen-bond donors (Lipinski definition) is 2. The second-order valence-corrected chi connectivity index (χ2v) is 23.4. The van der Waals surface area contributed by atoms with Gasteiger partial charge >= 0.3 is 6.18 Å². The van der Waals surface area contributed by atoms with E-state index in [0.717, 1.165) is 19.1 Å². The number of nitrogens with zero attached hydrogens (tertiary/aromatic N) is 5. The largest absolute Gasteiger partial charge is 0.435 e. The molecule has 5 aromatic rings. The molecule has 22 heteroatoms. The van der Waals surface area contributed by atoms with E-state index >= 15 is 8.78 Å². The van der Waals surface area contributed by atoms with Gasteiger partial charge in [0, 0.05) is 35.7 Å². The monoisotopic (exact) mass is 981 g/mol. The number of sulfonamides is 1. The summed E-state index contributed by atoms with van der Waals surface area (Å²) in [7, 11) is -6.16. The number of aromatic nitrogens is 5. The van der Waals surface area contributed by atoms with Crippen LogP contribution in [0, 0.1) is 29.4 Å². The highest BCUT2D eigenvalue weighted by Gasteiger charge is 2.58. The van der Waals surface area contributed by atoms with Crippen molar-refractivity contribution >= 4 is 54.1 Å². The van der Waals surface area contributed by atoms with Crippen LogP contribution in [0.1, 0.15) is 106 Å². The molecular weight excluding hydrogens is 939 g/mol. The average molecular weight is 982 g/mol. The second-order valence-electron chi connectivity index (χ2n) is 18.0. The first-order chi connectivity index (χ1) is 30.6. The Hall–Kier alpha value is -5.20. The smallest absolute Gasteiger partial charge is 0.346 e. The van der Waals surface area contributed by atoms with Crippen LogP contribution >= 0.6 is 11.6 Å². The number of sulfone groups is 1. The van der Waals surface area contributed by atoms with Crippen molar-refractivity contribution in [3.63, 3.8) is 0 Å². The number of carbonyl (C=O) groups excluding carboxylic acids is 1. The summed E-state index contributed by atoms with van der Waals surface area (Å²) in [5.41, 5.74) is -2.85. The molecule has 2 aromatic carbocycles. The third-order valence-corrected chi connectivity index (χ3v) is 18.2. The zero-order chi connectivity index (χ0) is 48.3. The maximum atomic E-state index is 15.7. The van der Waals surface area contributed by atoms with Gasteiger partial charge in [0.05, 0.1) is 37.7 Å². The molecule has 12 nitrogen and oxygen atoms in total. The lowest BCUT2D eigenvalue weighted by atomic mass is 9.93. The molecule has 0 radical (unpaired) electrons. The zero-order valence-corrected chi connectivity index (χ0v) is 38.6. The highest BCUT2D eigenvalue weighted by molar-refractivity contribution is 7.94. The highest BCUT2D eigenvalue weighted by Crippen LogP contribution is 2.55. The van der Waals surface area contributed by atoms with Gasteiger partial charge in [-0.1, -0.05) is 37.4 Å². The minimum Gasteiger partial charge on any atom is -0.346 e. The molecule has 352 valence electrons. The summed E-state index contributed by atoms with van der Waals surface area (Å²) < 4.78 is 159. The molecule has 0 unspecified atom stereocenters. The molecule has 8 rings (SSSR count). The number of aryl methyl sites for hydroxylation is 1. The van der Waals surface area contributed by atoms with Crippen LogP contribution in [-0.4, -0.2) is 62.0 Å². The Bertz CT molecular complexity index is 3110. The van der Waals surface area contributed by atoms with Crippen LogP contribution in [-0.2, 0) is 56.8 Å². The number of nitrogens with one attached hydrogen (secondary N) is 2. The lowest BCUT2D eigenvalue weighted by Crippen LogP contribution is -2.35. The summed E-state index contributed by atoms with van der Waals surface area (Å²) in [4.78, 5) is 19.0. The van der Waals surface area contributed by atoms with Crippen molar-refractivity contribution in [2.75, 3.05) is 4.72 Å². The van der Waals surface area contributed by atoms with Crippen molar-refractivity contribution in [1.82, 2.24) is 29.9 Å². The maximum absolute atomic E-state index is 15.7. The number of carbonyl (C=O) groups is 1. The number of anilines is 1. The Kier molecular flexibility index (Phi) is 11.4. The van der Waals surface area contributed by atoms with E-state index in [4.69, 9.17) is 16.6 Å². The summed E-state index contributed by atoms with van der Waals surface area (Å²) >= 11 is 6.73. The summed E-state index contributed by atoms with van der Waals surface area (Å²) in [6.07, 6.45) is -3.83. The number of pyridine rings is 1. The molecule has 66 heavy (non-hydrogen) atoms. The van der Waals surface area contributed by atoms with Crippen LogP contribution in [0.2, 0.25) is 5.02 Å². The zero-order valence-electron chi connectivity index (χ0n) is 36.2. The normalized spacial score (nSPS) is 19.5. The first-order valence-corrected chi connectivity index (χ1v) is 24.2. The fraction of sp³-hybridized carbons (Fsp3) is 0.455. The minimum atomic E-state index is -5.15. The molecule has 0 spiro atoms. The van der Waals surface area contributed by atoms with Crippen LogP contribution in [0.3, 0.4) is 0 Å². The van der Waals surface area contributed by atoms with E-state index in [0.29, 0.717) is 36.4 Å². The Morgan fingerprint density at radius 1 is 0.985 bits per heavy atom. The number of amides is 1. The fourth-order valence-electron chi connectivity index (χ4n) is 8.40. The fourth-order valence-corrected chi connectivity index (χ4v) is 11.7. The topological polar surface area (TPSA) is 158 Å². The predicted octanol–water partition coefficient (Wildman–Crippen LogP) is 8.73. The van der Waals surface area contributed by atoms with Crippen LogP contribution < -0.4 is 10.0 Å². The molecule has 0 bridgehead atoms. The Morgan fingerprint density at radius 2 is 1.62 bits per heavy atom. The highest BCUT2D eigenvalue weighted by atomic mass is 35.5. The SMILES string of the molecule is C[C@@H]1c2c(C(F)(F)F)nn(CC(=O)N[C@@H](Cc3cc(F)cc(F)c3)c3nc(C#CC(C)(C)S(=O)(=O)C4CC4)ccc3-c3ccc(Cl)c4c(NS(=O)(=O)C5(C)CC5)nn(C)c34)c2C(F)(F)[C@@H]1C. The van der Waals surface area contributed by atoms with E-state index in [1.807, 2.05) is 0 Å². The molecule has 0 aliphatic heterocycles. The summed E-state index contributed by atoms with van der Waals surface area (Å²) in [5.74, 6) is -4.34. The van der Waals surface area contributed by atoms with Gasteiger partial charge in [-0.05, 0) is 101 Å². The number of fused-ring (bicyclic) bond motifs is 2. The Morgan fingerprint density at radius 3 is 2.23 bits per heavy atom. The van der Waals surface area contributed by atoms with E-state index in [2.05, 4.69) is 32.1 Å². The van der Waals surface area contributed by atoms with E-state index in [1.165, 1.54) is 50.7 Å². The summed E-state index contributed by atoms with van der Waals surface area (Å²) in [6, 6.07) is 7.01. The van der Waals surface area contributed by atoms with Crippen LogP contribution in [0.15, 0.2) is 42.5 Å². The summed E-state index contributed by atoms with van der Waals surface area (Å²) in [6.45, 7) is 5.61. The molecule has 3 heterocycles. The number of rotatable bonds is 12. The van der Waals surface area contributed by atoms with Gasteiger partial charge in [0.1, 0.15) is 34.3 Å². The third-order valence-electron chi connectivity index (χ3n) is 12.8. The molecule has 0 saturated heterocycles. The number of hydrogen-bond acceptors (Lipinski definition) is 8. The minimum absolute atomic E-state index is 0.0406. The molecular formula is C44H43ClF7N7O5S2. The first kappa shape index (κ1) is 47.3. The van der Waals surface area contributed by atoms with Crippen molar-refractivity contribution in [2.45, 2.75) is 112 Å². The van der Waals surface area contributed by atoms with Crippen molar-refractivity contribution < 1.29 is 52.4 Å². The quantitative estimate of drug-likeness (QED) is 0.0929.